The molecule has 0 saturated heterocycles. The molecular formula is C14H15ClN2O2S. The van der Waals surface area contributed by atoms with Crippen molar-refractivity contribution in [2.45, 2.75) is 17.3 Å². The number of benzene rings is 1. The Balaban J connectivity index is 2.20. The van der Waals surface area contributed by atoms with Crippen LogP contribution in [0, 0.1) is 0 Å². The van der Waals surface area contributed by atoms with Gasteiger partial charge in [0.2, 0.25) is 10.0 Å². The van der Waals surface area contributed by atoms with Crippen molar-refractivity contribution in [1.82, 2.24) is 9.29 Å². The highest BCUT2D eigenvalue weighted by atomic mass is 35.5. The van der Waals surface area contributed by atoms with Crippen molar-refractivity contribution in [3.05, 3.63) is 59.9 Å². The summed E-state index contributed by atoms with van der Waals surface area (Å²) in [4.78, 5) is 4.18. The fraction of sp³-hybridized carbons (Fsp3) is 0.214. The minimum atomic E-state index is -3.49. The van der Waals surface area contributed by atoms with E-state index in [0.29, 0.717) is 12.4 Å². The summed E-state index contributed by atoms with van der Waals surface area (Å²) in [5.41, 5.74) is 1.78. The molecule has 0 bridgehead atoms. The highest BCUT2D eigenvalue weighted by molar-refractivity contribution is 7.89. The van der Waals surface area contributed by atoms with Crippen LogP contribution in [0.2, 0.25) is 0 Å². The Kier molecular flexibility index (Phi) is 4.75. The van der Waals surface area contributed by atoms with Gasteiger partial charge in [0.05, 0.1) is 4.90 Å². The second-order valence-electron chi connectivity index (χ2n) is 4.39. The second kappa shape index (κ2) is 6.35. The van der Waals surface area contributed by atoms with Gasteiger partial charge in [-0.3, -0.25) is 4.98 Å². The number of hydrogen-bond donors (Lipinski definition) is 0. The first kappa shape index (κ1) is 15.0. The van der Waals surface area contributed by atoms with E-state index in [1.165, 1.54) is 4.31 Å². The topological polar surface area (TPSA) is 50.3 Å². The molecule has 0 fully saturated rings. The normalized spacial score (nSPS) is 11.8. The van der Waals surface area contributed by atoms with E-state index in [-0.39, 0.29) is 4.90 Å². The van der Waals surface area contributed by atoms with Crippen LogP contribution in [0.4, 0.5) is 0 Å². The van der Waals surface area contributed by atoms with Gasteiger partial charge in [-0.2, -0.15) is 4.31 Å². The summed E-state index contributed by atoms with van der Waals surface area (Å²) in [7, 11) is -1.93. The molecule has 0 saturated carbocycles. The molecule has 0 spiro atoms. The van der Waals surface area contributed by atoms with Gasteiger partial charge < -0.3 is 0 Å². The molecule has 1 heterocycles. The van der Waals surface area contributed by atoms with Gasteiger partial charge in [0, 0.05) is 31.9 Å². The molecule has 2 aromatic rings. The van der Waals surface area contributed by atoms with E-state index in [2.05, 4.69) is 4.98 Å². The predicted molar refractivity (Wildman–Crippen MR) is 78.9 cm³/mol. The molecule has 1 aromatic heterocycles. The van der Waals surface area contributed by atoms with E-state index in [1.54, 1.807) is 55.8 Å². The lowest BCUT2D eigenvalue weighted by Crippen LogP contribution is -2.26. The Morgan fingerprint density at radius 1 is 1.05 bits per heavy atom. The molecule has 0 atom stereocenters. The molecule has 0 radical (unpaired) electrons. The Morgan fingerprint density at radius 2 is 1.65 bits per heavy atom. The van der Waals surface area contributed by atoms with Crippen LogP contribution in [0.15, 0.2) is 53.7 Å². The summed E-state index contributed by atoms with van der Waals surface area (Å²) >= 11 is 5.70. The number of sulfonamides is 1. The van der Waals surface area contributed by atoms with Crippen molar-refractivity contribution in [2.24, 2.45) is 0 Å². The number of hydrogen-bond acceptors (Lipinski definition) is 3. The van der Waals surface area contributed by atoms with E-state index in [0.717, 1.165) is 11.1 Å². The zero-order valence-corrected chi connectivity index (χ0v) is 12.6. The van der Waals surface area contributed by atoms with E-state index in [9.17, 15) is 8.42 Å². The van der Waals surface area contributed by atoms with Gasteiger partial charge in [-0.25, -0.2) is 8.42 Å². The van der Waals surface area contributed by atoms with Crippen molar-refractivity contribution < 1.29 is 8.42 Å². The summed E-state index contributed by atoms with van der Waals surface area (Å²) in [6.45, 7) is 0.308. The first-order valence-corrected chi connectivity index (χ1v) is 8.01. The van der Waals surface area contributed by atoms with Gasteiger partial charge in [0.1, 0.15) is 0 Å². The molecule has 0 aliphatic carbocycles. The van der Waals surface area contributed by atoms with Crippen LogP contribution in [-0.2, 0) is 22.4 Å². The van der Waals surface area contributed by atoms with Crippen molar-refractivity contribution in [3.63, 3.8) is 0 Å². The lowest BCUT2D eigenvalue weighted by molar-refractivity contribution is 0.466. The van der Waals surface area contributed by atoms with Crippen LogP contribution in [-0.4, -0.2) is 24.8 Å². The van der Waals surface area contributed by atoms with Crippen LogP contribution in [0.1, 0.15) is 11.1 Å². The first-order valence-electron chi connectivity index (χ1n) is 6.04. The molecule has 0 aliphatic rings. The smallest absolute Gasteiger partial charge is 0.243 e. The number of pyridine rings is 1. The maximum atomic E-state index is 12.4. The quantitative estimate of drug-likeness (QED) is 0.798. The highest BCUT2D eigenvalue weighted by Crippen LogP contribution is 2.17. The zero-order chi connectivity index (χ0) is 14.6. The maximum absolute atomic E-state index is 12.4. The predicted octanol–water partition coefficient (Wildman–Crippen LogP) is 2.64. The average Bonchev–Trinajstić information content (AvgIpc) is 2.48. The molecule has 2 rings (SSSR count). The van der Waals surface area contributed by atoms with Crippen LogP contribution in [0.5, 0.6) is 0 Å². The summed E-state index contributed by atoms with van der Waals surface area (Å²) < 4.78 is 26.1. The summed E-state index contributed by atoms with van der Waals surface area (Å²) in [5.74, 6) is 0.368. The van der Waals surface area contributed by atoms with Gasteiger partial charge >= 0.3 is 0 Å². The third-order valence-electron chi connectivity index (χ3n) is 2.94. The fourth-order valence-corrected chi connectivity index (χ4v) is 3.10. The number of nitrogens with zero attached hydrogens (tertiary/aromatic N) is 2. The molecule has 4 nitrogen and oxygen atoms in total. The number of aromatic nitrogens is 1. The van der Waals surface area contributed by atoms with Gasteiger partial charge in [-0.1, -0.05) is 12.1 Å². The third-order valence-corrected chi connectivity index (χ3v) is 5.07. The fourth-order valence-electron chi connectivity index (χ4n) is 1.76. The molecule has 0 amide bonds. The van der Waals surface area contributed by atoms with Gasteiger partial charge in [0.15, 0.2) is 0 Å². The first-order chi connectivity index (χ1) is 9.54. The van der Waals surface area contributed by atoms with Crippen LogP contribution >= 0.6 is 11.6 Å². The SMILES string of the molecule is CN(Cc1ccncc1)S(=O)(=O)c1ccc(CCl)cc1. The third kappa shape index (κ3) is 3.36. The van der Waals surface area contributed by atoms with E-state index in [4.69, 9.17) is 11.6 Å². The number of alkyl halides is 1. The monoisotopic (exact) mass is 310 g/mol. The lowest BCUT2D eigenvalue weighted by Gasteiger charge is -2.17. The molecule has 6 heteroatoms. The number of halogens is 1. The summed E-state index contributed by atoms with van der Waals surface area (Å²) in [5, 5.41) is 0. The van der Waals surface area contributed by atoms with Crippen molar-refractivity contribution in [3.8, 4) is 0 Å². The van der Waals surface area contributed by atoms with Gasteiger partial charge in [-0.15, -0.1) is 11.6 Å². The zero-order valence-electron chi connectivity index (χ0n) is 11.0. The standard InChI is InChI=1S/C14H15ClN2O2S/c1-17(11-13-6-8-16-9-7-13)20(18,19)14-4-2-12(10-15)3-5-14/h2-9H,10-11H2,1H3. The van der Waals surface area contributed by atoms with Crippen molar-refractivity contribution >= 4 is 21.6 Å². The summed E-state index contributed by atoms with van der Waals surface area (Å²) in [6.07, 6.45) is 3.29. The lowest BCUT2D eigenvalue weighted by atomic mass is 10.2. The Bertz CT molecular complexity index is 657. The van der Waals surface area contributed by atoms with E-state index in [1.807, 2.05) is 0 Å². The highest BCUT2D eigenvalue weighted by Gasteiger charge is 2.20. The average molecular weight is 311 g/mol. The molecular weight excluding hydrogens is 296 g/mol. The van der Waals surface area contributed by atoms with Crippen LogP contribution in [0.3, 0.4) is 0 Å². The van der Waals surface area contributed by atoms with Crippen LogP contribution in [0.25, 0.3) is 0 Å². The van der Waals surface area contributed by atoms with Crippen molar-refractivity contribution in [1.29, 1.82) is 0 Å². The van der Waals surface area contributed by atoms with Gasteiger partial charge in [-0.05, 0) is 35.4 Å². The molecule has 0 N–H and O–H groups in total. The minimum absolute atomic E-state index is 0.267. The molecule has 0 unspecified atom stereocenters. The van der Waals surface area contributed by atoms with Crippen molar-refractivity contribution in [2.75, 3.05) is 7.05 Å². The Hall–Kier alpha value is -1.43. The molecule has 0 aliphatic heterocycles. The molecule has 1 aromatic carbocycles. The van der Waals surface area contributed by atoms with Crippen LogP contribution < -0.4 is 0 Å². The number of rotatable bonds is 5. The molecule has 106 valence electrons. The van der Waals surface area contributed by atoms with Gasteiger partial charge in [0.25, 0.3) is 0 Å². The van der Waals surface area contributed by atoms with E-state index >= 15 is 0 Å². The summed E-state index contributed by atoms with van der Waals surface area (Å²) in [6, 6.07) is 10.2. The second-order valence-corrected chi connectivity index (χ2v) is 6.71. The largest absolute Gasteiger partial charge is 0.265 e. The Morgan fingerprint density at radius 3 is 2.20 bits per heavy atom. The Labute approximate surface area is 124 Å². The minimum Gasteiger partial charge on any atom is -0.265 e. The van der Waals surface area contributed by atoms with E-state index < -0.39 is 10.0 Å². The molecule has 20 heavy (non-hydrogen) atoms. The maximum Gasteiger partial charge on any atom is 0.243 e.